The first kappa shape index (κ1) is 34.7. The van der Waals surface area contributed by atoms with Crippen LogP contribution in [0.25, 0.3) is 0 Å². The van der Waals surface area contributed by atoms with Crippen LogP contribution in [0.15, 0.2) is 18.2 Å². The minimum atomic E-state index is -1.07. The van der Waals surface area contributed by atoms with Gasteiger partial charge >= 0.3 is 24.2 Å². The molecule has 0 aliphatic carbocycles. The average molecular weight is 568 g/mol. The second kappa shape index (κ2) is 15.4. The van der Waals surface area contributed by atoms with E-state index in [1.165, 1.54) is 12.1 Å². The topological polar surface area (TPSA) is 150 Å². The third kappa shape index (κ3) is 14.2. The van der Waals surface area contributed by atoms with Gasteiger partial charge in [0.2, 0.25) is 0 Å². The summed E-state index contributed by atoms with van der Waals surface area (Å²) in [6.45, 7) is 16.7. The van der Waals surface area contributed by atoms with E-state index in [9.17, 15) is 19.2 Å². The van der Waals surface area contributed by atoms with Gasteiger partial charge in [-0.3, -0.25) is 9.59 Å². The standard InChI is InChI=1S/C29H45NO10/c1-10-18(2)24(31)35-15-19(3)38-25(32)21(30)13-20-11-12-22(39-26(33)36-16-28(4,5)6)23(14-20)40-27(34)37-17-29(7,8)9/h11-12,14,18-19,21H,10,13,15-17,30H2,1-9H3/t18?,19-,21-/m0/s1. The maximum atomic E-state index is 12.5. The Hall–Kier alpha value is -3.34. The molecule has 0 saturated heterocycles. The Balaban J connectivity index is 2.94. The number of ether oxygens (including phenoxy) is 6. The fraction of sp³-hybridized carbons (Fsp3) is 0.655. The van der Waals surface area contributed by atoms with Crippen LogP contribution in [0.2, 0.25) is 0 Å². The summed E-state index contributed by atoms with van der Waals surface area (Å²) in [5.74, 6) is -1.52. The highest BCUT2D eigenvalue weighted by molar-refractivity contribution is 5.76. The first-order chi connectivity index (χ1) is 18.4. The third-order valence-electron chi connectivity index (χ3n) is 5.19. The van der Waals surface area contributed by atoms with Crippen LogP contribution < -0.4 is 15.2 Å². The summed E-state index contributed by atoms with van der Waals surface area (Å²) in [4.78, 5) is 48.9. The predicted molar refractivity (Wildman–Crippen MR) is 147 cm³/mol. The molecule has 2 N–H and O–H groups in total. The van der Waals surface area contributed by atoms with Gasteiger partial charge in [0.05, 0.1) is 19.1 Å². The van der Waals surface area contributed by atoms with Crippen LogP contribution in [0.3, 0.4) is 0 Å². The maximum Gasteiger partial charge on any atom is 0.513 e. The van der Waals surface area contributed by atoms with E-state index in [4.69, 9.17) is 34.2 Å². The molecular formula is C29H45NO10. The predicted octanol–water partition coefficient (Wildman–Crippen LogP) is 5.20. The second-order valence-corrected chi connectivity index (χ2v) is 12.2. The number of hydrogen-bond acceptors (Lipinski definition) is 11. The Labute approximate surface area is 236 Å². The summed E-state index contributed by atoms with van der Waals surface area (Å²) >= 11 is 0. The molecule has 0 amide bonds. The molecular weight excluding hydrogens is 522 g/mol. The lowest BCUT2D eigenvalue weighted by atomic mass is 9.99. The summed E-state index contributed by atoms with van der Waals surface area (Å²) < 4.78 is 31.3. The lowest BCUT2D eigenvalue weighted by Gasteiger charge is -2.19. The van der Waals surface area contributed by atoms with E-state index in [0.29, 0.717) is 12.0 Å². The van der Waals surface area contributed by atoms with Crippen LogP contribution in [-0.2, 0) is 35.0 Å². The van der Waals surface area contributed by atoms with Gasteiger partial charge in [-0.1, -0.05) is 61.5 Å². The molecule has 0 aliphatic heterocycles. The van der Waals surface area contributed by atoms with Gasteiger partial charge in [-0.25, -0.2) is 9.59 Å². The van der Waals surface area contributed by atoms with Gasteiger partial charge in [-0.15, -0.1) is 0 Å². The van der Waals surface area contributed by atoms with Gasteiger partial charge in [0.1, 0.15) is 18.8 Å². The van der Waals surface area contributed by atoms with Crippen LogP contribution in [-0.4, -0.2) is 56.2 Å². The molecule has 3 atom stereocenters. The van der Waals surface area contributed by atoms with E-state index in [2.05, 4.69) is 0 Å². The third-order valence-corrected chi connectivity index (χ3v) is 5.19. The van der Waals surface area contributed by atoms with Crippen molar-refractivity contribution < 1.29 is 47.6 Å². The van der Waals surface area contributed by atoms with Crippen molar-refractivity contribution in [3.8, 4) is 11.5 Å². The molecule has 0 aliphatic rings. The first-order valence-corrected chi connectivity index (χ1v) is 13.3. The fourth-order valence-corrected chi connectivity index (χ4v) is 2.80. The number of carbonyl (C=O) groups excluding carboxylic acids is 4. The Morgan fingerprint density at radius 1 is 0.800 bits per heavy atom. The largest absolute Gasteiger partial charge is 0.513 e. The molecule has 0 radical (unpaired) electrons. The van der Waals surface area contributed by atoms with Crippen molar-refractivity contribution >= 4 is 24.2 Å². The number of carbonyl (C=O) groups is 4. The lowest BCUT2D eigenvalue weighted by molar-refractivity contribution is -0.160. The van der Waals surface area contributed by atoms with Crippen molar-refractivity contribution in [2.75, 3.05) is 19.8 Å². The number of esters is 2. The molecule has 0 fully saturated rings. The van der Waals surface area contributed by atoms with E-state index in [1.54, 1.807) is 19.9 Å². The van der Waals surface area contributed by atoms with E-state index in [1.807, 2.05) is 48.5 Å². The zero-order chi connectivity index (χ0) is 30.7. The molecule has 1 rings (SSSR count). The second-order valence-electron chi connectivity index (χ2n) is 12.2. The number of nitrogens with two attached hydrogens (primary N) is 1. The van der Waals surface area contributed by atoms with Crippen LogP contribution in [0.5, 0.6) is 11.5 Å². The van der Waals surface area contributed by atoms with Gasteiger partial charge < -0.3 is 34.2 Å². The van der Waals surface area contributed by atoms with Gasteiger partial charge in [-0.2, -0.15) is 0 Å². The van der Waals surface area contributed by atoms with Gasteiger partial charge in [0.25, 0.3) is 0 Å². The Kier molecular flexibility index (Phi) is 13.4. The lowest BCUT2D eigenvalue weighted by Crippen LogP contribution is -2.37. The number of benzene rings is 1. The minimum absolute atomic E-state index is 0.0142. The Bertz CT molecular complexity index is 1010. The zero-order valence-corrected chi connectivity index (χ0v) is 25.2. The molecule has 11 heteroatoms. The quantitative estimate of drug-likeness (QED) is 0.202. The molecule has 0 bridgehead atoms. The minimum Gasteiger partial charge on any atom is -0.462 e. The van der Waals surface area contributed by atoms with Crippen molar-refractivity contribution in [2.45, 2.75) is 87.3 Å². The normalized spacial score (nSPS) is 13.8. The number of rotatable bonds is 12. The van der Waals surface area contributed by atoms with Gasteiger partial charge in [0.15, 0.2) is 11.5 Å². The highest BCUT2D eigenvalue weighted by Gasteiger charge is 2.24. The number of hydrogen-bond donors (Lipinski definition) is 1. The van der Waals surface area contributed by atoms with E-state index in [-0.39, 0.29) is 60.5 Å². The van der Waals surface area contributed by atoms with Crippen LogP contribution in [0, 0.1) is 16.7 Å². The smallest absolute Gasteiger partial charge is 0.462 e. The summed E-state index contributed by atoms with van der Waals surface area (Å²) in [7, 11) is 0. The summed E-state index contributed by atoms with van der Waals surface area (Å²) in [5, 5.41) is 0. The van der Waals surface area contributed by atoms with Crippen LogP contribution in [0.1, 0.15) is 74.3 Å². The van der Waals surface area contributed by atoms with E-state index < -0.39 is 30.4 Å². The zero-order valence-electron chi connectivity index (χ0n) is 25.2. The molecule has 11 nitrogen and oxygen atoms in total. The van der Waals surface area contributed by atoms with E-state index in [0.717, 1.165) is 0 Å². The van der Waals surface area contributed by atoms with Gasteiger partial charge in [0, 0.05) is 0 Å². The molecule has 226 valence electrons. The van der Waals surface area contributed by atoms with Crippen molar-refractivity contribution in [3.63, 3.8) is 0 Å². The molecule has 0 aromatic heterocycles. The van der Waals surface area contributed by atoms with Crippen molar-refractivity contribution in [3.05, 3.63) is 23.8 Å². The summed E-state index contributed by atoms with van der Waals surface area (Å²) in [5.41, 5.74) is 5.97. The first-order valence-electron chi connectivity index (χ1n) is 13.3. The molecule has 0 spiro atoms. The molecule has 40 heavy (non-hydrogen) atoms. The summed E-state index contributed by atoms with van der Waals surface area (Å²) in [6, 6.07) is 3.30. The highest BCUT2D eigenvalue weighted by Crippen LogP contribution is 2.30. The molecule has 0 heterocycles. The van der Waals surface area contributed by atoms with Crippen LogP contribution in [0.4, 0.5) is 9.59 Å². The van der Waals surface area contributed by atoms with Crippen LogP contribution >= 0.6 is 0 Å². The Morgan fingerprint density at radius 3 is 1.82 bits per heavy atom. The van der Waals surface area contributed by atoms with Crippen molar-refractivity contribution in [2.24, 2.45) is 22.5 Å². The average Bonchev–Trinajstić information content (AvgIpc) is 2.84. The molecule has 0 saturated carbocycles. The van der Waals surface area contributed by atoms with Crippen molar-refractivity contribution in [1.29, 1.82) is 0 Å². The monoisotopic (exact) mass is 567 g/mol. The summed E-state index contributed by atoms with van der Waals surface area (Å²) in [6.07, 6.45) is -2.01. The highest BCUT2D eigenvalue weighted by atomic mass is 16.7. The van der Waals surface area contributed by atoms with Crippen molar-refractivity contribution in [1.82, 2.24) is 0 Å². The molecule has 1 unspecified atom stereocenters. The molecule has 1 aromatic carbocycles. The SMILES string of the molecule is CCC(C)C(=O)OC[C@H](C)OC(=O)[C@@H](N)Cc1ccc(OC(=O)OCC(C)(C)C)c(OC(=O)OCC(C)(C)C)c1. The van der Waals surface area contributed by atoms with Gasteiger partial charge in [-0.05, 0) is 48.3 Å². The van der Waals surface area contributed by atoms with E-state index >= 15 is 0 Å². The Morgan fingerprint density at radius 2 is 1.32 bits per heavy atom. The molecule has 1 aromatic rings. The maximum absolute atomic E-state index is 12.5. The fourth-order valence-electron chi connectivity index (χ4n) is 2.80.